The Morgan fingerprint density at radius 3 is 2.23 bits per heavy atom. The van der Waals surface area contributed by atoms with Crippen LogP contribution in [0.4, 0.5) is 4.70 Å². The van der Waals surface area contributed by atoms with Gasteiger partial charge < -0.3 is 0 Å². The SMILES string of the molecule is CCC[CH]([AlH2])c1ccc(C)cc1.F. The summed E-state index contributed by atoms with van der Waals surface area (Å²) in [4.78, 5) is 0. The minimum Gasteiger partial charge on any atom is -0.269 e. The first-order chi connectivity index (χ1) is 5.74. The topological polar surface area (TPSA) is 0 Å². The fourth-order valence-corrected chi connectivity index (χ4v) is 2.46. The molecule has 0 saturated heterocycles. The van der Waals surface area contributed by atoms with Crippen molar-refractivity contribution >= 4 is 16.3 Å². The average Bonchev–Trinajstić information content (AvgIpc) is 2.06. The van der Waals surface area contributed by atoms with Gasteiger partial charge in [-0.05, 0) is 6.92 Å². The van der Waals surface area contributed by atoms with E-state index in [-0.39, 0.29) is 4.70 Å². The van der Waals surface area contributed by atoms with Crippen LogP contribution in [0.2, 0.25) is 0 Å². The van der Waals surface area contributed by atoms with Crippen LogP contribution in [0.5, 0.6) is 0 Å². The third kappa shape index (κ3) is 3.94. The Balaban J connectivity index is 0.00000144. The van der Waals surface area contributed by atoms with Crippen LogP contribution >= 0.6 is 0 Å². The first kappa shape index (κ1) is 12.7. The van der Waals surface area contributed by atoms with Gasteiger partial charge in [-0.2, -0.15) is 0 Å². The van der Waals surface area contributed by atoms with Gasteiger partial charge in [0.05, 0.1) is 0 Å². The Morgan fingerprint density at radius 1 is 1.23 bits per heavy atom. The number of benzene rings is 1. The van der Waals surface area contributed by atoms with E-state index in [0.717, 1.165) is 4.78 Å². The quantitative estimate of drug-likeness (QED) is 0.652. The first-order valence-corrected chi connectivity index (χ1v) is 5.96. The minimum absolute atomic E-state index is 0. The van der Waals surface area contributed by atoms with Crippen LogP contribution in [0.15, 0.2) is 24.3 Å². The molecule has 1 aromatic rings. The van der Waals surface area contributed by atoms with Crippen LogP contribution in [0.1, 0.15) is 35.7 Å². The molecule has 0 amide bonds. The van der Waals surface area contributed by atoms with Gasteiger partial charge in [-0.25, -0.2) is 0 Å². The number of halogens is 1. The third-order valence-corrected chi connectivity index (χ3v) is 3.61. The van der Waals surface area contributed by atoms with E-state index in [4.69, 9.17) is 0 Å². The summed E-state index contributed by atoms with van der Waals surface area (Å²) in [5, 5.41) is 0. The molecule has 0 aromatic heterocycles. The second-order valence-corrected chi connectivity index (χ2v) is 4.99. The maximum atomic E-state index is 2.28. The van der Waals surface area contributed by atoms with E-state index < -0.39 is 0 Å². The Kier molecular flexibility index (Phi) is 6.03. The van der Waals surface area contributed by atoms with Crippen LogP contribution in [-0.2, 0) is 0 Å². The van der Waals surface area contributed by atoms with Crippen molar-refractivity contribution in [3.63, 3.8) is 0 Å². The van der Waals surface area contributed by atoms with Gasteiger partial charge in [0.2, 0.25) is 16.3 Å². The molecule has 0 aliphatic rings. The normalized spacial score (nSPS) is 11.8. The van der Waals surface area contributed by atoms with E-state index in [2.05, 4.69) is 38.1 Å². The molecular weight excluding hydrogens is 178 g/mol. The number of rotatable bonds is 3. The highest BCUT2D eigenvalue weighted by Gasteiger charge is 2.02. The lowest BCUT2D eigenvalue weighted by Gasteiger charge is -2.10. The molecule has 0 radical (unpaired) electrons. The van der Waals surface area contributed by atoms with Gasteiger partial charge in [-0.1, -0.05) is 59.9 Å². The Bertz CT molecular complexity index is 230. The Hall–Kier alpha value is -0.318. The third-order valence-electron chi connectivity index (χ3n) is 2.37. The second-order valence-electron chi connectivity index (χ2n) is 3.60. The van der Waals surface area contributed by atoms with Crippen molar-refractivity contribution in [1.29, 1.82) is 0 Å². The predicted molar refractivity (Wildman–Crippen MR) is 59.9 cm³/mol. The van der Waals surface area contributed by atoms with Gasteiger partial charge in [0, 0.05) is 0 Å². The summed E-state index contributed by atoms with van der Waals surface area (Å²) >= 11 is 1.28. The maximum Gasteiger partial charge on any atom is 0.223 e. The van der Waals surface area contributed by atoms with Crippen molar-refractivity contribution in [1.82, 2.24) is 0 Å². The predicted octanol–water partition coefficient (Wildman–Crippen LogP) is 2.62. The fourth-order valence-electron chi connectivity index (χ4n) is 1.49. The molecule has 1 rings (SSSR count). The van der Waals surface area contributed by atoms with Crippen molar-refractivity contribution in [3.05, 3.63) is 35.4 Å². The zero-order valence-electron chi connectivity index (χ0n) is 8.71. The van der Waals surface area contributed by atoms with Crippen LogP contribution < -0.4 is 0 Å². The van der Waals surface area contributed by atoms with E-state index in [0.29, 0.717) is 0 Å². The van der Waals surface area contributed by atoms with Gasteiger partial charge in [-0.15, -0.1) is 0 Å². The summed E-state index contributed by atoms with van der Waals surface area (Å²) in [6, 6.07) is 9.00. The summed E-state index contributed by atoms with van der Waals surface area (Å²) in [5.41, 5.74) is 2.90. The molecular formula is C11H18AlF. The average molecular weight is 196 g/mol. The highest BCUT2D eigenvalue weighted by Crippen LogP contribution is 2.17. The van der Waals surface area contributed by atoms with Crippen molar-refractivity contribution in [3.8, 4) is 0 Å². The van der Waals surface area contributed by atoms with Crippen molar-refractivity contribution in [2.45, 2.75) is 31.5 Å². The van der Waals surface area contributed by atoms with Crippen LogP contribution in [-0.4, -0.2) is 16.3 Å². The smallest absolute Gasteiger partial charge is 0.223 e. The van der Waals surface area contributed by atoms with Crippen molar-refractivity contribution < 1.29 is 4.70 Å². The van der Waals surface area contributed by atoms with Gasteiger partial charge in [0.1, 0.15) is 0 Å². The molecule has 0 nitrogen and oxygen atoms in total. The van der Waals surface area contributed by atoms with Crippen molar-refractivity contribution in [2.75, 3.05) is 0 Å². The minimum atomic E-state index is 0. The summed E-state index contributed by atoms with van der Waals surface area (Å²) in [5.74, 6) is 0. The molecule has 0 saturated carbocycles. The van der Waals surface area contributed by atoms with E-state index in [1.54, 1.807) is 0 Å². The van der Waals surface area contributed by atoms with E-state index in [1.165, 1.54) is 40.3 Å². The van der Waals surface area contributed by atoms with Crippen molar-refractivity contribution in [2.24, 2.45) is 0 Å². The molecule has 0 aliphatic carbocycles. The number of aryl methyl sites for hydroxylation is 1. The molecule has 1 aromatic carbocycles. The largest absolute Gasteiger partial charge is 0.269 e. The summed E-state index contributed by atoms with van der Waals surface area (Å²) < 4.78 is 0.857. The highest BCUT2D eigenvalue weighted by molar-refractivity contribution is 6.12. The molecule has 72 valence electrons. The molecule has 0 N–H and O–H groups in total. The van der Waals surface area contributed by atoms with Gasteiger partial charge >= 0.3 is 0 Å². The molecule has 0 aliphatic heterocycles. The Labute approximate surface area is 88.1 Å². The van der Waals surface area contributed by atoms with E-state index in [9.17, 15) is 0 Å². The van der Waals surface area contributed by atoms with Crippen LogP contribution in [0, 0.1) is 6.92 Å². The zero-order valence-corrected chi connectivity index (χ0v) is 10.7. The van der Waals surface area contributed by atoms with E-state index >= 15 is 0 Å². The second kappa shape index (κ2) is 6.18. The fraction of sp³-hybridized carbons (Fsp3) is 0.455. The Morgan fingerprint density at radius 2 is 1.77 bits per heavy atom. The molecule has 0 bridgehead atoms. The summed E-state index contributed by atoms with van der Waals surface area (Å²) in [6.45, 7) is 4.41. The molecule has 1 atom stereocenters. The van der Waals surface area contributed by atoms with Gasteiger partial charge in [-0.3, -0.25) is 4.70 Å². The lowest BCUT2D eigenvalue weighted by atomic mass is 10.1. The molecule has 0 spiro atoms. The molecule has 0 fully saturated rings. The number of hydrogen-bond acceptors (Lipinski definition) is 0. The monoisotopic (exact) mass is 196 g/mol. The lowest BCUT2D eigenvalue weighted by molar-refractivity contribution is 0.769. The standard InChI is InChI=1S/C11H15.Al.FH.2H/c1-3-4-5-11-8-6-10(2)7-9-11;;;;/h5-9H,3-4H2,1-2H3;;1H;;. The number of hydrogen-bond donors (Lipinski definition) is 0. The summed E-state index contributed by atoms with van der Waals surface area (Å²) in [6.07, 6.45) is 2.66. The van der Waals surface area contributed by atoms with Crippen LogP contribution in [0.25, 0.3) is 0 Å². The maximum absolute atomic E-state index is 2.28. The molecule has 0 heterocycles. The molecule has 1 unspecified atom stereocenters. The lowest BCUT2D eigenvalue weighted by Crippen LogP contribution is -1.96. The summed E-state index contributed by atoms with van der Waals surface area (Å²) in [7, 11) is 0. The highest BCUT2D eigenvalue weighted by atomic mass is 27.0. The van der Waals surface area contributed by atoms with E-state index in [1.807, 2.05) is 0 Å². The molecule has 13 heavy (non-hydrogen) atoms. The van der Waals surface area contributed by atoms with Gasteiger partial charge in [0.25, 0.3) is 0 Å². The molecule has 2 heteroatoms. The van der Waals surface area contributed by atoms with Crippen LogP contribution in [0.3, 0.4) is 0 Å². The zero-order chi connectivity index (χ0) is 8.97. The van der Waals surface area contributed by atoms with Gasteiger partial charge in [0.15, 0.2) is 0 Å². The first-order valence-electron chi connectivity index (χ1n) is 4.80.